The number of benzene rings is 1. The lowest BCUT2D eigenvalue weighted by molar-refractivity contribution is -0.144. The Bertz CT molecular complexity index is 516. The van der Waals surface area contributed by atoms with Gasteiger partial charge < -0.3 is 5.11 Å². The van der Waals surface area contributed by atoms with Crippen LogP contribution >= 0.6 is 15.9 Å². The summed E-state index contributed by atoms with van der Waals surface area (Å²) in [6, 6.07) is 8.24. The lowest BCUT2D eigenvalue weighted by Gasteiger charge is -2.32. The second-order valence-corrected chi connectivity index (χ2v) is 7.23. The molecule has 4 heteroatoms. The number of carboxylic acid groups (broad SMARTS) is 1. The second-order valence-electron chi connectivity index (χ2n) is 6.31. The second kappa shape index (κ2) is 6.09. The summed E-state index contributed by atoms with van der Waals surface area (Å²) in [5.74, 6) is 0.294. The zero-order chi connectivity index (χ0) is 15.0. The van der Waals surface area contributed by atoms with Crippen molar-refractivity contribution in [1.82, 2.24) is 4.90 Å². The van der Waals surface area contributed by atoms with Crippen molar-refractivity contribution in [2.75, 3.05) is 6.54 Å². The molecule has 0 radical (unpaired) electrons. The molecule has 3 rings (SSSR count). The molecule has 1 saturated heterocycles. The minimum Gasteiger partial charge on any atom is -0.480 e. The van der Waals surface area contributed by atoms with Crippen LogP contribution in [0.1, 0.15) is 44.2 Å². The minimum atomic E-state index is -0.639. The lowest BCUT2D eigenvalue weighted by Crippen LogP contribution is -2.41. The van der Waals surface area contributed by atoms with E-state index in [1.165, 1.54) is 18.4 Å². The highest BCUT2D eigenvalue weighted by Gasteiger charge is 2.49. The predicted molar refractivity (Wildman–Crippen MR) is 86.1 cm³/mol. The summed E-state index contributed by atoms with van der Waals surface area (Å²) >= 11 is 3.47. The van der Waals surface area contributed by atoms with Gasteiger partial charge in [-0.1, -0.05) is 41.4 Å². The molecule has 4 unspecified atom stereocenters. The summed E-state index contributed by atoms with van der Waals surface area (Å²) in [5, 5.41) is 9.72. The van der Waals surface area contributed by atoms with Crippen molar-refractivity contribution in [2.45, 2.75) is 44.7 Å². The van der Waals surface area contributed by atoms with Crippen LogP contribution < -0.4 is 0 Å². The van der Waals surface area contributed by atoms with Crippen molar-refractivity contribution >= 4 is 21.9 Å². The monoisotopic (exact) mass is 351 g/mol. The van der Waals surface area contributed by atoms with Crippen LogP contribution in [0.15, 0.2) is 28.7 Å². The fraction of sp³-hybridized carbons (Fsp3) is 0.588. The van der Waals surface area contributed by atoms with Crippen molar-refractivity contribution in [1.29, 1.82) is 0 Å². The third kappa shape index (κ3) is 2.76. The van der Waals surface area contributed by atoms with Gasteiger partial charge in [-0.05, 0) is 48.8 Å². The van der Waals surface area contributed by atoms with Crippen molar-refractivity contribution < 1.29 is 9.90 Å². The largest absolute Gasteiger partial charge is 0.480 e. The molecule has 0 bridgehead atoms. The Morgan fingerprint density at radius 2 is 2.10 bits per heavy atom. The molecule has 2 aliphatic rings. The van der Waals surface area contributed by atoms with Gasteiger partial charge in [-0.15, -0.1) is 0 Å². The molecular weight excluding hydrogens is 330 g/mol. The molecule has 4 atom stereocenters. The maximum atomic E-state index is 11.8. The molecule has 3 nitrogen and oxygen atoms in total. The van der Waals surface area contributed by atoms with E-state index >= 15 is 0 Å². The summed E-state index contributed by atoms with van der Waals surface area (Å²) < 4.78 is 1.06. The van der Waals surface area contributed by atoms with Crippen LogP contribution in [0.2, 0.25) is 0 Å². The fourth-order valence-electron chi connectivity index (χ4n) is 4.33. The van der Waals surface area contributed by atoms with Gasteiger partial charge in [0.05, 0.1) is 0 Å². The van der Waals surface area contributed by atoms with Gasteiger partial charge >= 0.3 is 5.97 Å². The third-order valence-corrected chi connectivity index (χ3v) is 5.75. The quantitative estimate of drug-likeness (QED) is 0.888. The number of halogens is 1. The third-order valence-electron chi connectivity index (χ3n) is 5.22. The van der Waals surface area contributed by atoms with Crippen LogP contribution in [0, 0.1) is 11.8 Å². The summed E-state index contributed by atoms with van der Waals surface area (Å²) in [6.45, 7) is 3.09. The van der Waals surface area contributed by atoms with Gasteiger partial charge in [-0.3, -0.25) is 9.69 Å². The Morgan fingerprint density at radius 1 is 1.38 bits per heavy atom. The molecule has 0 spiro atoms. The van der Waals surface area contributed by atoms with E-state index in [1.54, 1.807) is 0 Å². The average Bonchev–Trinajstić information content (AvgIpc) is 3.01. The minimum absolute atomic E-state index is 0.213. The first-order chi connectivity index (χ1) is 10.1. The number of rotatable bonds is 4. The Hall–Kier alpha value is -0.870. The first kappa shape index (κ1) is 15.0. The topological polar surface area (TPSA) is 40.5 Å². The Balaban J connectivity index is 1.89. The van der Waals surface area contributed by atoms with Crippen LogP contribution in [-0.4, -0.2) is 28.6 Å². The van der Waals surface area contributed by atoms with E-state index < -0.39 is 5.97 Å². The number of carbonyl (C=O) groups is 1. The molecule has 1 heterocycles. The van der Waals surface area contributed by atoms with E-state index in [-0.39, 0.29) is 12.1 Å². The molecule has 1 saturated carbocycles. The lowest BCUT2D eigenvalue weighted by atomic mass is 9.93. The van der Waals surface area contributed by atoms with E-state index in [4.69, 9.17) is 0 Å². The molecule has 0 amide bonds. The molecule has 114 valence electrons. The molecule has 21 heavy (non-hydrogen) atoms. The number of hydrogen-bond donors (Lipinski definition) is 1. The highest BCUT2D eigenvalue weighted by molar-refractivity contribution is 9.10. The standard InChI is InChI=1S/C17H22BrNO2/c1-2-15(11-6-8-13(18)9-7-11)19-10-12-4-3-5-14(12)16(19)17(20)21/h6-9,12,14-16H,2-5,10H2,1H3,(H,20,21). The number of aliphatic carboxylic acids is 1. The number of nitrogens with zero attached hydrogens (tertiary/aromatic N) is 1. The van der Waals surface area contributed by atoms with Gasteiger partial charge in [-0.25, -0.2) is 0 Å². The molecule has 2 fully saturated rings. The number of carboxylic acids is 1. The van der Waals surface area contributed by atoms with Crippen LogP contribution in [0.3, 0.4) is 0 Å². The van der Waals surface area contributed by atoms with Gasteiger partial charge in [-0.2, -0.15) is 0 Å². The van der Waals surface area contributed by atoms with Crippen molar-refractivity contribution in [3.63, 3.8) is 0 Å². The van der Waals surface area contributed by atoms with Crippen molar-refractivity contribution in [3.8, 4) is 0 Å². The highest BCUT2D eigenvalue weighted by atomic mass is 79.9. The predicted octanol–water partition coefficient (Wildman–Crippen LogP) is 4.09. The van der Waals surface area contributed by atoms with Crippen molar-refractivity contribution in [3.05, 3.63) is 34.3 Å². The molecule has 1 N–H and O–H groups in total. The smallest absolute Gasteiger partial charge is 0.321 e. The Morgan fingerprint density at radius 3 is 2.71 bits per heavy atom. The van der Waals surface area contributed by atoms with E-state index in [9.17, 15) is 9.90 Å². The number of fused-ring (bicyclic) bond motifs is 1. The first-order valence-corrected chi connectivity index (χ1v) is 8.65. The zero-order valence-corrected chi connectivity index (χ0v) is 13.9. The molecule has 1 aliphatic carbocycles. The van der Waals surface area contributed by atoms with Gasteiger partial charge in [0.25, 0.3) is 0 Å². The van der Waals surface area contributed by atoms with Crippen LogP contribution in [-0.2, 0) is 4.79 Å². The first-order valence-electron chi connectivity index (χ1n) is 7.85. The average molecular weight is 352 g/mol. The van der Waals surface area contributed by atoms with Crippen molar-refractivity contribution in [2.24, 2.45) is 11.8 Å². The maximum Gasteiger partial charge on any atom is 0.321 e. The summed E-state index contributed by atoms with van der Waals surface area (Å²) in [7, 11) is 0. The van der Waals surface area contributed by atoms with E-state index in [0.29, 0.717) is 11.8 Å². The van der Waals surface area contributed by atoms with Crippen LogP contribution in [0.5, 0.6) is 0 Å². The summed E-state index contributed by atoms with van der Waals surface area (Å²) in [4.78, 5) is 14.1. The van der Waals surface area contributed by atoms with Gasteiger partial charge in [0.15, 0.2) is 0 Å². The van der Waals surface area contributed by atoms with E-state index in [0.717, 1.165) is 23.9 Å². The van der Waals surface area contributed by atoms with Crippen LogP contribution in [0.25, 0.3) is 0 Å². The van der Waals surface area contributed by atoms with Gasteiger partial charge in [0, 0.05) is 17.1 Å². The fourth-order valence-corrected chi connectivity index (χ4v) is 4.60. The Kier molecular flexibility index (Phi) is 4.36. The molecule has 1 aromatic rings. The molecular formula is C17H22BrNO2. The van der Waals surface area contributed by atoms with E-state index in [2.05, 4.69) is 39.9 Å². The Labute approximate surface area is 134 Å². The van der Waals surface area contributed by atoms with Gasteiger partial charge in [0.1, 0.15) is 6.04 Å². The number of hydrogen-bond acceptors (Lipinski definition) is 2. The molecule has 1 aliphatic heterocycles. The van der Waals surface area contributed by atoms with Gasteiger partial charge in [0.2, 0.25) is 0 Å². The number of likely N-dealkylation sites (tertiary alicyclic amines) is 1. The zero-order valence-electron chi connectivity index (χ0n) is 12.3. The van der Waals surface area contributed by atoms with Crippen LogP contribution in [0.4, 0.5) is 0 Å². The normalized spacial score (nSPS) is 30.3. The summed E-state index contributed by atoms with van der Waals surface area (Å²) in [6.07, 6.45) is 4.42. The highest BCUT2D eigenvalue weighted by Crippen LogP contribution is 2.46. The maximum absolute atomic E-state index is 11.8. The molecule has 0 aromatic heterocycles. The molecule has 1 aromatic carbocycles. The SMILES string of the molecule is CCC(c1ccc(Br)cc1)N1CC2CCCC2C1C(=O)O. The summed E-state index contributed by atoms with van der Waals surface area (Å²) in [5.41, 5.74) is 1.23. The van der Waals surface area contributed by atoms with E-state index in [1.807, 2.05) is 12.1 Å².